The van der Waals surface area contributed by atoms with Crippen LogP contribution in [-0.4, -0.2) is 49.8 Å². The van der Waals surface area contributed by atoms with Crippen molar-refractivity contribution in [2.24, 2.45) is 0 Å². The zero-order valence-electron chi connectivity index (χ0n) is 21.0. The molecule has 1 aliphatic heterocycles. The van der Waals surface area contributed by atoms with Gasteiger partial charge in [-0.25, -0.2) is 12.8 Å². The Morgan fingerprint density at radius 3 is 2.28 bits per heavy atom. The highest BCUT2D eigenvalue weighted by molar-refractivity contribution is 9.10. The molecule has 7 nitrogen and oxygen atoms in total. The Morgan fingerprint density at radius 2 is 1.62 bits per heavy atom. The van der Waals surface area contributed by atoms with Gasteiger partial charge in [-0.2, -0.15) is 4.31 Å². The van der Waals surface area contributed by atoms with Crippen LogP contribution in [0.25, 0.3) is 0 Å². The number of hydrogen-bond acceptors (Lipinski definition) is 5. The lowest BCUT2D eigenvalue weighted by atomic mass is 10.1. The molecule has 0 bridgehead atoms. The average Bonchev–Trinajstić information content (AvgIpc) is 2.97. The summed E-state index contributed by atoms with van der Waals surface area (Å²) in [5.41, 5.74) is 2.48. The first-order valence-electron chi connectivity index (χ1n) is 12.4. The summed E-state index contributed by atoms with van der Waals surface area (Å²) in [5.74, 6) is -0.644. The number of piperazine rings is 1. The highest BCUT2D eigenvalue weighted by Gasteiger charge is 2.30. The molecule has 0 unspecified atom stereocenters. The number of halogens is 2. The number of carbonyl (C=O) groups is 1. The molecule has 0 saturated carbocycles. The predicted octanol–water partition coefficient (Wildman–Crippen LogP) is 5.34. The molecule has 0 spiro atoms. The largest absolute Gasteiger partial charge is 0.369 e. The summed E-state index contributed by atoms with van der Waals surface area (Å²) in [6, 6.07) is 25.2. The van der Waals surface area contributed by atoms with Gasteiger partial charge in [-0.1, -0.05) is 28.1 Å². The van der Waals surface area contributed by atoms with Crippen LogP contribution in [0, 0.1) is 5.82 Å². The summed E-state index contributed by atoms with van der Waals surface area (Å²) in [7, 11) is -3.83. The number of nitrogens with zero attached hydrogens (tertiary/aromatic N) is 4. The fourth-order valence-electron chi connectivity index (χ4n) is 4.49. The third kappa shape index (κ3) is 6.19. The second-order valence-corrected chi connectivity index (χ2v) is 11.9. The van der Waals surface area contributed by atoms with Crippen molar-refractivity contribution in [2.75, 3.05) is 36.0 Å². The molecule has 39 heavy (non-hydrogen) atoms. The van der Waals surface area contributed by atoms with E-state index in [9.17, 15) is 17.6 Å². The third-order valence-corrected chi connectivity index (χ3v) is 9.00. The number of rotatable bonds is 7. The van der Waals surface area contributed by atoms with Gasteiger partial charge in [-0.3, -0.25) is 9.78 Å². The van der Waals surface area contributed by atoms with Gasteiger partial charge in [-0.15, -0.1) is 0 Å². The normalized spacial score (nSPS) is 14.3. The second-order valence-electron chi connectivity index (χ2n) is 9.08. The summed E-state index contributed by atoms with van der Waals surface area (Å²) in [6.07, 6.45) is 1.67. The molecule has 1 amide bonds. The lowest BCUT2D eigenvalue weighted by Crippen LogP contribution is -2.48. The average molecular weight is 610 g/mol. The predicted molar refractivity (Wildman–Crippen MR) is 153 cm³/mol. The van der Waals surface area contributed by atoms with E-state index in [4.69, 9.17) is 0 Å². The fourth-order valence-corrected chi connectivity index (χ4v) is 6.22. The minimum Gasteiger partial charge on any atom is -0.369 e. The van der Waals surface area contributed by atoms with Gasteiger partial charge in [0, 0.05) is 53.8 Å². The quantitative estimate of drug-likeness (QED) is 0.283. The molecule has 1 saturated heterocycles. The Morgan fingerprint density at radius 1 is 0.897 bits per heavy atom. The molecule has 5 rings (SSSR count). The number of amides is 1. The van der Waals surface area contributed by atoms with Gasteiger partial charge in [-0.05, 0) is 78.9 Å². The second kappa shape index (κ2) is 11.6. The van der Waals surface area contributed by atoms with E-state index in [0.717, 1.165) is 10.2 Å². The number of hydrogen-bond donors (Lipinski definition) is 0. The van der Waals surface area contributed by atoms with Crippen molar-refractivity contribution >= 4 is 43.2 Å². The molecule has 10 heteroatoms. The first-order chi connectivity index (χ1) is 18.8. The number of benzene rings is 3. The van der Waals surface area contributed by atoms with Gasteiger partial charge >= 0.3 is 0 Å². The van der Waals surface area contributed by atoms with E-state index in [-0.39, 0.29) is 41.8 Å². The molecule has 2 heterocycles. The van der Waals surface area contributed by atoms with Gasteiger partial charge in [0.1, 0.15) is 5.82 Å². The summed E-state index contributed by atoms with van der Waals surface area (Å²) in [5, 5.41) is 0. The van der Waals surface area contributed by atoms with Crippen LogP contribution in [0.3, 0.4) is 0 Å². The molecule has 200 valence electrons. The fraction of sp³-hybridized carbons (Fsp3) is 0.172. The molecular formula is C29H26BrFN4O3S. The highest BCUT2D eigenvalue weighted by Crippen LogP contribution is 2.25. The van der Waals surface area contributed by atoms with E-state index in [1.165, 1.54) is 28.6 Å². The zero-order chi connectivity index (χ0) is 27.4. The molecule has 0 radical (unpaired) electrons. The Bertz CT molecular complexity index is 1540. The van der Waals surface area contributed by atoms with Crippen molar-refractivity contribution in [3.63, 3.8) is 0 Å². The van der Waals surface area contributed by atoms with Crippen LogP contribution < -0.4 is 9.80 Å². The third-order valence-electron chi connectivity index (χ3n) is 6.58. The maximum Gasteiger partial charge on any atom is 0.258 e. The first kappa shape index (κ1) is 27.0. The number of sulfonamides is 1. The van der Waals surface area contributed by atoms with E-state index >= 15 is 0 Å². The van der Waals surface area contributed by atoms with E-state index < -0.39 is 10.0 Å². The topological polar surface area (TPSA) is 73.8 Å². The summed E-state index contributed by atoms with van der Waals surface area (Å²) in [6.45, 7) is 1.74. The van der Waals surface area contributed by atoms with Crippen molar-refractivity contribution in [3.05, 3.63) is 119 Å². The van der Waals surface area contributed by atoms with Gasteiger partial charge < -0.3 is 9.80 Å². The Kier molecular flexibility index (Phi) is 8.06. The van der Waals surface area contributed by atoms with Crippen LogP contribution in [0.2, 0.25) is 0 Å². The highest BCUT2D eigenvalue weighted by atomic mass is 79.9. The zero-order valence-corrected chi connectivity index (χ0v) is 23.4. The standard InChI is InChI=1S/C29H26BrFN4O3S/c30-23-7-11-27(12-8-23)35(21-25-5-1-2-15-32-25)29(36)22-4-3-6-28(20-22)39(37,38)34-18-16-33(17-19-34)26-13-9-24(31)10-14-26/h1-15,20H,16-19,21H2. The lowest BCUT2D eigenvalue weighted by molar-refractivity contribution is 0.0984. The van der Waals surface area contributed by atoms with Crippen LogP contribution in [0.15, 0.2) is 107 Å². The van der Waals surface area contributed by atoms with E-state index in [2.05, 4.69) is 20.9 Å². The van der Waals surface area contributed by atoms with E-state index in [1.54, 1.807) is 35.4 Å². The van der Waals surface area contributed by atoms with Gasteiger partial charge in [0.15, 0.2) is 0 Å². The van der Waals surface area contributed by atoms with Gasteiger partial charge in [0.2, 0.25) is 10.0 Å². The van der Waals surface area contributed by atoms with Crippen LogP contribution in [0.4, 0.5) is 15.8 Å². The lowest BCUT2D eigenvalue weighted by Gasteiger charge is -2.35. The van der Waals surface area contributed by atoms with Crippen LogP contribution in [0.5, 0.6) is 0 Å². The van der Waals surface area contributed by atoms with Crippen LogP contribution in [0.1, 0.15) is 16.1 Å². The first-order valence-corrected chi connectivity index (χ1v) is 14.6. The van der Waals surface area contributed by atoms with Crippen molar-refractivity contribution in [1.82, 2.24) is 9.29 Å². The molecule has 1 aromatic heterocycles. The number of carbonyl (C=O) groups excluding carboxylic acids is 1. The molecule has 3 aromatic carbocycles. The maximum absolute atomic E-state index is 13.8. The molecule has 1 aliphatic rings. The number of anilines is 2. The van der Waals surface area contributed by atoms with E-state index in [1.807, 2.05) is 47.4 Å². The summed E-state index contributed by atoms with van der Waals surface area (Å²) in [4.78, 5) is 21.8. The Labute approximate surface area is 235 Å². The maximum atomic E-state index is 13.8. The molecule has 1 fully saturated rings. The minimum absolute atomic E-state index is 0.0668. The monoisotopic (exact) mass is 608 g/mol. The smallest absolute Gasteiger partial charge is 0.258 e. The SMILES string of the molecule is O=C(c1cccc(S(=O)(=O)N2CCN(c3ccc(F)cc3)CC2)c1)N(Cc1ccccn1)c1ccc(Br)cc1. The summed E-state index contributed by atoms with van der Waals surface area (Å²) >= 11 is 3.43. The van der Waals surface area contributed by atoms with Gasteiger partial charge in [0.25, 0.3) is 5.91 Å². The van der Waals surface area contributed by atoms with Crippen LogP contribution >= 0.6 is 15.9 Å². The molecule has 4 aromatic rings. The number of pyridine rings is 1. The summed E-state index contributed by atoms with van der Waals surface area (Å²) < 4.78 is 42.7. The van der Waals surface area contributed by atoms with Crippen molar-refractivity contribution in [2.45, 2.75) is 11.4 Å². The minimum atomic E-state index is -3.83. The molecule has 0 N–H and O–H groups in total. The Hall–Kier alpha value is -3.60. The van der Waals surface area contributed by atoms with Crippen molar-refractivity contribution in [3.8, 4) is 0 Å². The molecule has 0 atom stereocenters. The molecular weight excluding hydrogens is 583 g/mol. The number of aromatic nitrogens is 1. The Balaban J connectivity index is 1.37. The molecule has 0 aliphatic carbocycles. The van der Waals surface area contributed by atoms with Crippen molar-refractivity contribution < 1.29 is 17.6 Å². The van der Waals surface area contributed by atoms with E-state index in [0.29, 0.717) is 24.5 Å². The van der Waals surface area contributed by atoms with Crippen LogP contribution in [-0.2, 0) is 16.6 Å². The van der Waals surface area contributed by atoms with Gasteiger partial charge in [0.05, 0.1) is 17.1 Å². The van der Waals surface area contributed by atoms with Crippen molar-refractivity contribution in [1.29, 1.82) is 0 Å².